The average Bonchev–Trinajstić information content (AvgIpc) is 1.65. The summed E-state index contributed by atoms with van der Waals surface area (Å²) in [4.78, 5) is 20.2. The fourth-order valence-corrected chi connectivity index (χ4v) is 0.0915. The van der Waals surface area contributed by atoms with Gasteiger partial charge in [0.1, 0.15) is 0 Å². The van der Waals surface area contributed by atoms with Crippen LogP contribution >= 0.6 is 0 Å². The molecule has 0 fully saturated rings. The molecule has 0 amide bonds. The summed E-state index contributed by atoms with van der Waals surface area (Å²) in [5, 5.41) is 16.5. The molecule has 0 aromatic heterocycles. The summed E-state index contributed by atoms with van der Waals surface area (Å²) in [5.74, 6) is -2.65. The van der Waals surface area contributed by atoms with Crippen molar-refractivity contribution in [2.45, 2.75) is 13.8 Å². The summed E-state index contributed by atoms with van der Waals surface area (Å²) in [6, 6.07) is 0. The number of carbonyl (C=O) groups is 2. The molecule has 0 atom stereocenters. The van der Waals surface area contributed by atoms with Crippen LogP contribution in [0.4, 0.5) is 0 Å². The molecule has 2 N–H and O–H groups in total. The minimum absolute atomic E-state index is 0. The van der Waals surface area contributed by atoms with E-state index in [1.54, 1.807) is 0 Å². The van der Waals surface area contributed by atoms with Gasteiger partial charge in [0.2, 0.25) is 0 Å². The number of hydrogen-bond donors (Lipinski definition) is 2. The van der Waals surface area contributed by atoms with Crippen molar-refractivity contribution in [2.75, 3.05) is 0 Å². The molecule has 0 aliphatic rings. The van der Waals surface area contributed by atoms with Crippen molar-refractivity contribution in [3.05, 3.63) is 0 Å². The zero-order valence-corrected chi connectivity index (χ0v) is 6.21. The summed E-state index contributed by atoms with van der Waals surface area (Å²) in [6.45, 7) is 2.27. The number of carboxylic acids is 2. The largest absolute Gasteiger partial charge is 1.00 e. The first-order chi connectivity index (χ1) is 3.89. The first-order valence-electron chi connectivity index (χ1n) is 2.36. The Kier molecular flexibility index (Phi) is 4.46. The van der Waals surface area contributed by atoms with Crippen molar-refractivity contribution in [2.24, 2.45) is 5.41 Å². The standard InChI is InChI=1S/C5H8O4.Li.H/c1-5(2,3(6)7)4(8)9;;/h1-2H3,(H,6,7)(H,8,9);;/q;+1;-1. The Morgan fingerprint density at radius 3 is 1.40 bits per heavy atom. The monoisotopic (exact) mass is 140 g/mol. The van der Waals surface area contributed by atoms with E-state index in [4.69, 9.17) is 10.2 Å². The minimum atomic E-state index is -1.67. The zero-order valence-electron chi connectivity index (χ0n) is 7.21. The van der Waals surface area contributed by atoms with Crippen LogP contribution < -0.4 is 18.9 Å². The summed E-state index contributed by atoms with van der Waals surface area (Å²) in [6.07, 6.45) is 0. The molecule has 0 saturated heterocycles. The first kappa shape index (κ1) is 12.2. The number of hydrogen-bond acceptors (Lipinski definition) is 2. The van der Waals surface area contributed by atoms with Gasteiger partial charge >= 0.3 is 30.8 Å². The van der Waals surface area contributed by atoms with Crippen molar-refractivity contribution >= 4 is 11.9 Å². The normalized spacial score (nSPS) is 9.80. The van der Waals surface area contributed by atoms with Gasteiger partial charge in [0.15, 0.2) is 5.41 Å². The molecule has 0 aliphatic heterocycles. The van der Waals surface area contributed by atoms with E-state index in [1.165, 1.54) is 0 Å². The SMILES string of the molecule is CC(C)(C(=O)O)C(=O)O.[H-].[Li+]. The molecule has 10 heavy (non-hydrogen) atoms. The fraction of sp³-hybridized carbons (Fsp3) is 0.600. The van der Waals surface area contributed by atoms with Gasteiger partial charge in [-0.25, -0.2) is 0 Å². The second-order valence-electron chi connectivity index (χ2n) is 2.24. The van der Waals surface area contributed by atoms with Crippen molar-refractivity contribution in [1.82, 2.24) is 0 Å². The molecule has 0 heterocycles. The van der Waals surface area contributed by atoms with Crippen molar-refractivity contribution in [3.8, 4) is 0 Å². The summed E-state index contributed by atoms with van der Waals surface area (Å²) in [7, 11) is 0. The minimum Gasteiger partial charge on any atom is -1.00 e. The van der Waals surface area contributed by atoms with Gasteiger partial charge in [-0.1, -0.05) is 0 Å². The molecule has 0 aromatic carbocycles. The van der Waals surface area contributed by atoms with E-state index < -0.39 is 17.4 Å². The topological polar surface area (TPSA) is 74.6 Å². The zero-order chi connectivity index (χ0) is 7.65. The second kappa shape index (κ2) is 3.64. The van der Waals surface area contributed by atoms with Gasteiger partial charge in [0.25, 0.3) is 0 Å². The van der Waals surface area contributed by atoms with Gasteiger partial charge < -0.3 is 11.6 Å². The van der Waals surface area contributed by atoms with Crippen LogP contribution in [0.25, 0.3) is 0 Å². The predicted molar refractivity (Wildman–Crippen MR) is 30.2 cm³/mol. The molecule has 0 saturated carbocycles. The summed E-state index contributed by atoms with van der Waals surface area (Å²) in [5.41, 5.74) is -1.67. The molecule has 0 rings (SSSR count). The van der Waals surface area contributed by atoms with Crippen molar-refractivity contribution in [3.63, 3.8) is 0 Å². The molecule has 0 unspecified atom stereocenters. The maximum Gasteiger partial charge on any atom is 1.00 e. The Morgan fingerprint density at radius 1 is 1.20 bits per heavy atom. The summed E-state index contributed by atoms with van der Waals surface area (Å²) < 4.78 is 0. The van der Waals surface area contributed by atoms with Crippen molar-refractivity contribution in [1.29, 1.82) is 0 Å². The van der Waals surface area contributed by atoms with Gasteiger partial charge in [-0.2, -0.15) is 0 Å². The van der Waals surface area contributed by atoms with E-state index in [1.807, 2.05) is 0 Å². The van der Waals surface area contributed by atoms with Crippen LogP contribution in [-0.4, -0.2) is 22.2 Å². The Hall–Kier alpha value is -0.463. The Bertz CT molecular complexity index is 141. The Labute approximate surface area is 71.9 Å². The van der Waals surface area contributed by atoms with Crippen LogP contribution in [0.2, 0.25) is 0 Å². The molecule has 5 heteroatoms. The van der Waals surface area contributed by atoms with E-state index >= 15 is 0 Å². The van der Waals surface area contributed by atoms with E-state index in [9.17, 15) is 9.59 Å². The van der Waals surface area contributed by atoms with Crippen LogP contribution in [0.15, 0.2) is 0 Å². The van der Waals surface area contributed by atoms with Crippen LogP contribution in [-0.2, 0) is 9.59 Å². The maximum atomic E-state index is 10.1. The van der Waals surface area contributed by atoms with Crippen LogP contribution in [0.1, 0.15) is 15.3 Å². The van der Waals surface area contributed by atoms with E-state index in [0.29, 0.717) is 0 Å². The molecular weight excluding hydrogens is 131 g/mol. The molecule has 4 nitrogen and oxygen atoms in total. The van der Waals surface area contributed by atoms with E-state index in [2.05, 4.69) is 0 Å². The molecular formula is C5H9LiO4. The van der Waals surface area contributed by atoms with E-state index in [-0.39, 0.29) is 20.3 Å². The van der Waals surface area contributed by atoms with Crippen LogP contribution in [0, 0.1) is 5.41 Å². The molecule has 0 spiro atoms. The predicted octanol–water partition coefficient (Wildman–Crippen LogP) is -2.70. The quantitative estimate of drug-likeness (QED) is 0.323. The third-order valence-corrected chi connectivity index (χ3v) is 1.07. The van der Waals surface area contributed by atoms with Gasteiger partial charge in [-0.15, -0.1) is 0 Å². The second-order valence-corrected chi connectivity index (χ2v) is 2.24. The third-order valence-electron chi connectivity index (χ3n) is 1.07. The van der Waals surface area contributed by atoms with Gasteiger partial charge in [-0.3, -0.25) is 9.59 Å². The van der Waals surface area contributed by atoms with Gasteiger partial charge in [-0.05, 0) is 13.8 Å². The molecule has 0 bridgehead atoms. The number of aliphatic carboxylic acids is 2. The van der Waals surface area contributed by atoms with Crippen LogP contribution in [0.5, 0.6) is 0 Å². The average molecular weight is 140 g/mol. The molecule has 0 aliphatic carbocycles. The molecule has 0 radical (unpaired) electrons. The number of carboxylic acid groups (broad SMARTS) is 2. The first-order valence-corrected chi connectivity index (χ1v) is 2.36. The molecule has 0 aromatic rings. The van der Waals surface area contributed by atoms with Crippen molar-refractivity contribution < 1.29 is 40.1 Å². The summed E-state index contributed by atoms with van der Waals surface area (Å²) >= 11 is 0. The fourth-order valence-electron chi connectivity index (χ4n) is 0.0915. The number of rotatable bonds is 2. The van der Waals surface area contributed by atoms with E-state index in [0.717, 1.165) is 13.8 Å². The van der Waals surface area contributed by atoms with Gasteiger partial charge in [0, 0.05) is 0 Å². The molecule has 54 valence electrons. The Morgan fingerprint density at radius 2 is 1.40 bits per heavy atom. The third kappa shape index (κ3) is 2.42. The Balaban J connectivity index is -0.000000320. The smallest absolute Gasteiger partial charge is 1.00 e. The van der Waals surface area contributed by atoms with Crippen LogP contribution in [0.3, 0.4) is 0 Å². The maximum absolute atomic E-state index is 10.1. The van der Waals surface area contributed by atoms with Gasteiger partial charge in [0.05, 0.1) is 0 Å².